The Morgan fingerprint density at radius 3 is 2.71 bits per heavy atom. The molecule has 1 aromatic carbocycles. The van der Waals surface area contributed by atoms with Crippen LogP contribution in [0.15, 0.2) is 48.6 Å². The Kier molecular flexibility index (Phi) is 3.71. The summed E-state index contributed by atoms with van der Waals surface area (Å²) in [5.41, 5.74) is 2.88. The topological polar surface area (TPSA) is 81.3 Å². The molecule has 0 spiro atoms. The highest BCUT2D eigenvalue weighted by atomic mass is 16.6. The highest BCUT2D eigenvalue weighted by Crippen LogP contribution is 2.46. The van der Waals surface area contributed by atoms with Gasteiger partial charge in [-0.3, -0.25) is 4.79 Å². The van der Waals surface area contributed by atoms with Gasteiger partial charge in [0.2, 0.25) is 6.33 Å². The summed E-state index contributed by atoms with van der Waals surface area (Å²) in [4.78, 5) is 28.2. The van der Waals surface area contributed by atoms with Gasteiger partial charge in [-0.1, -0.05) is 32.0 Å². The summed E-state index contributed by atoms with van der Waals surface area (Å²) < 4.78 is 1.42. The van der Waals surface area contributed by atoms with Crippen LogP contribution in [0.3, 0.4) is 0 Å². The zero-order chi connectivity index (χ0) is 17.5. The van der Waals surface area contributed by atoms with Gasteiger partial charge in [-0.25, -0.2) is 0 Å². The van der Waals surface area contributed by atoms with Crippen molar-refractivity contribution in [1.82, 2.24) is 9.55 Å². The van der Waals surface area contributed by atoms with Gasteiger partial charge in [-0.15, -0.1) is 0 Å². The number of carbonyl (C=O) groups is 1. The molecule has 0 fully saturated rings. The van der Waals surface area contributed by atoms with E-state index in [0.717, 1.165) is 11.4 Å². The second-order valence-corrected chi connectivity index (χ2v) is 6.36. The van der Waals surface area contributed by atoms with Crippen LogP contribution in [0.5, 0.6) is 0 Å². The molecule has 1 aliphatic heterocycles. The largest absolute Gasteiger partial charge is 0.381 e. The Morgan fingerprint density at radius 2 is 2.08 bits per heavy atom. The maximum absolute atomic E-state index is 12.4. The molecule has 0 N–H and O–H groups in total. The zero-order valence-electron chi connectivity index (χ0n) is 13.8. The maximum atomic E-state index is 12.4. The fraction of sp³-hybridized carbons (Fsp3) is 0.294. The van der Waals surface area contributed by atoms with E-state index >= 15 is 0 Å². The van der Waals surface area contributed by atoms with E-state index in [1.54, 1.807) is 6.08 Å². The Morgan fingerprint density at radius 1 is 1.38 bits per heavy atom. The molecule has 0 amide bonds. The molecular formula is C17H18N4O3. The van der Waals surface area contributed by atoms with E-state index in [4.69, 9.17) is 0 Å². The van der Waals surface area contributed by atoms with E-state index < -0.39 is 4.92 Å². The van der Waals surface area contributed by atoms with Crippen molar-refractivity contribution in [3.8, 4) is 0 Å². The van der Waals surface area contributed by atoms with Crippen LogP contribution in [-0.2, 0) is 16.8 Å². The van der Waals surface area contributed by atoms with Crippen molar-refractivity contribution in [1.29, 1.82) is 0 Å². The van der Waals surface area contributed by atoms with E-state index in [1.807, 2.05) is 30.1 Å². The molecule has 0 aliphatic carbocycles. The molecule has 0 bridgehead atoms. The normalized spacial score (nSPS) is 17.1. The van der Waals surface area contributed by atoms with Crippen LogP contribution < -0.4 is 4.90 Å². The Hall–Kier alpha value is -2.96. The summed E-state index contributed by atoms with van der Waals surface area (Å²) in [6, 6.07) is 8.06. The maximum Gasteiger partial charge on any atom is 0.381 e. The summed E-state index contributed by atoms with van der Waals surface area (Å²) in [5, 5.41) is 10.7. The number of allylic oxidation sites excluding steroid dienone is 2. The molecule has 1 aliphatic rings. The monoisotopic (exact) mass is 326 g/mol. The number of ketones is 1. The lowest BCUT2D eigenvalue weighted by Gasteiger charge is -2.23. The fourth-order valence-electron chi connectivity index (χ4n) is 3.17. The number of hydrogen-bond donors (Lipinski definition) is 0. The predicted octanol–water partition coefficient (Wildman–Crippen LogP) is 2.67. The first-order valence-electron chi connectivity index (χ1n) is 7.55. The lowest BCUT2D eigenvalue weighted by atomic mass is 9.83. The van der Waals surface area contributed by atoms with Crippen LogP contribution in [-0.4, -0.2) is 27.3 Å². The molecule has 0 atom stereocenters. The van der Waals surface area contributed by atoms with E-state index in [1.165, 1.54) is 22.7 Å². The zero-order valence-corrected chi connectivity index (χ0v) is 13.8. The molecule has 2 heterocycles. The number of carbonyl (C=O) groups excluding carboxylic acids is 1. The molecule has 0 saturated heterocycles. The third kappa shape index (κ3) is 2.58. The first kappa shape index (κ1) is 15.9. The number of para-hydroxylation sites is 1. The molecular weight excluding hydrogens is 308 g/mol. The molecule has 1 aromatic heterocycles. The highest BCUT2D eigenvalue weighted by molar-refractivity contribution is 5.92. The Labute approximate surface area is 139 Å². The smallest absolute Gasteiger partial charge is 0.358 e. The summed E-state index contributed by atoms with van der Waals surface area (Å²) in [6.45, 7) is 4.18. The van der Waals surface area contributed by atoms with Gasteiger partial charge in [0.25, 0.3) is 0 Å². The second kappa shape index (κ2) is 5.59. The number of nitro groups is 1. The van der Waals surface area contributed by atoms with Gasteiger partial charge in [-0.2, -0.15) is 0 Å². The average molecular weight is 326 g/mol. The van der Waals surface area contributed by atoms with Crippen molar-refractivity contribution >= 4 is 17.3 Å². The number of benzene rings is 1. The summed E-state index contributed by atoms with van der Waals surface area (Å²) in [7, 11) is 1.94. The number of hydrogen-bond acceptors (Lipinski definition) is 5. The quantitative estimate of drug-likeness (QED) is 0.490. The second-order valence-electron chi connectivity index (χ2n) is 6.36. The minimum absolute atomic E-state index is 0.0185. The van der Waals surface area contributed by atoms with Gasteiger partial charge < -0.3 is 19.6 Å². The average Bonchev–Trinajstić information content (AvgIpc) is 3.06. The first-order valence-corrected chi connectivity index (χ1v) is 7.55. The Bertz CT molecular complexity index is 851. The molecule has 3 rings (SSSR count). The Balaban J connectivity index is 1.85. The minimum Gasteiger partial charge on any atom is -0.358 e. The van der Waals surface area contributed by atoms with Gasteiger partial charge in [0.05, 0.1) is 6.54 Å². The highest BCUT2D eigenvalue weighted by Gasteiger charge is 2.38. The first-order chi connectivity index (χ1) is 11.3. The molecule has 2 aromatic rings. The third-order valence-corrected chi connectivity index (χ3v) is 4.38. The van der Waals surface area contributed by atoms with Crippen LogP contribution in [0.1, 0.15) is 19.4 Å². The summed E-state index contributed by atoms with van der Waals surface area (Å²) in [5.74, 6) is -0.397. The lowest BCUT2D eigenvalue weighted by molar-refractivity contribution is -0.389. The number of rotatable bonds is 4. The van der Waals surface area contributed by atoms with Crippen LogP contribution in [0.25, 0.3) is 0 Å². The van der Waals surface area contributed by atoms with Gasteiger partial charge in [-0.05, 0) is 21.5 Å². The SMILES string of the molecule is CN1/C(=C\C(=O)Cn2cnc([N+](=O)[O-])c2)C(C)(C)c2ccccc21. The van der Waals surface area contributed by atoms with Gasteiger partial charge in [0, 0.05) is 29.9 Å². The number of aromatic nitrogens is 2. The number of imidazole rings is 1. The van der Waals surface area contributed by atoms with Crippen molar-refractivity contribution < 1.29 is 9.72 Å². The standard InChI is InChI=1S/C17H18N4O3/c1-17(2)13-6-4-5-7-14(13)19(3)15(17)8-12(22)9-20-10-16(18-11-20)21(23)24/h4-8,10-11H,9H2,1-3H3/b15-8-. The third-order valence-electron chi connectivity index (χ3n) is 4.38. The van der Waals surface area contributed by atoms with Gasteiger partial charge in [0.1, 0.15) is 6.20 Å². The van der Waals surface area contributed by atoms with E-state index in [9.17, 15) is 14.9 Å². The van der Waals surface area contributed by atoms with Crippen LogP contribution in [0.4, 0.5) is 11.5 Å². The van der Waals surface area contributed by atoms with Gasteiger partial charge in [0.15, 0.2) is 5.78 Å². The molecule has 0 saturated carbocycles. The van der Waals surface area contributed by atoms with E-state index in [0.29, 0.717) is 0 Å². The molecule has 7 heteroatoms. The lowest BCUT2D eigenvalue weighted by Crippen LogP contribution is -2.24. The van der Waals surface area contributed by atoms with Crippen molar-refractivity contribution in [3.63, 3.8) is 0 Å². The summed E-state index contributed by atoms with van der Waals surface area (Å²) >= 11 is 0. The molecule has 7 nitrogen and oxygen atoms in total. The van der Waals surface area contributed by atoms with Crippen LogP contribution >= 0.6 is 0 Å². The molecule has 24 heavy (non-hydrogen) atoms. The van der Waals surface area contributed by atoms with Crippen molar-refractivity contribution in [2.45, 2.75) is 25.8 Å². The van der Waals surface area contributed by atoms with Crippen molar-refractivity contribution in [2.75, 3.05) is 11.9 Å². The number of fused-ring (bicyclic) bond motifs is 1. The van der Waals surface area contributed by atoms with E-state index in [-0.39, 0.29) is 23.6 Å². The molecule has 0 unspecified atom stereocenters. The number of likely N-dealkylation sites (N-methyl/N-ethyl adjacent to an activating group) is 1. The van der Waals surface area contributed by atoms with E-state index in [2.05, 4.69) is 24.9 Å². The molecule has 124 valence electrons. The minimum atomic E-state index is -0.579. The van der Waals surface area contributed by atoms with Crippen molar-refractivity contribution in [3.05, 3.63) is 64.2 Å². The van der Waals surface area contributed by atoms with Crippen LogP contribution in [0.2, 0.25) is 0 Å². The van der Waals surface area contributed by atoms with Gasteiger partial charge >= 0.3 is 5.82 Å². The van der Waals surface area contributed by atoms with Crippen molar-refractivity contribution in [2.24, 2.45) is 0 Å². The number of anilines is 1. The molecule has 0 radical (unpaired) electrons. The fourth-order valence-corrected chi connectivity index (χ4v) is 3.17. The summed E-state index contributed by atoms with van der Waals surface area (Å²) in [6.07, 6.45) is 4.17. The van der Waals surface area contributed by atoms with Crippen LogP contribution in [0, 0.1) is 10.1 Å². The predicted molar refractivity (Wildman–Crippen MR) is 89.8 cm³/mol. The number of nitrogens with zero attached hydrogens (tertiary/aromatic N) is 4.